The zero-order valence-corrected chi connectivity index (χ0v) is 15.2. The van der Waals surface area contributed by atoms with Crippen molar-refractivity contribution in [2.24, 2.45) is 5.92 Å². The molecule has 1 aliphatic heterocycles. The predicted octanol–water partition coefficient (Wildman–Crippen LogP) is 2.05. The number of hydrogen-bond acceptors (Lipinski definition) is 7. The van der Waals surface area contributed by atoms with Gasteiger partial charge in [-0.15, -0.1) is 5.10 Å². The van der Waals surface area contributed by atoms with Crippen LogP contribution in [0.1, 0.15) is 25.3 Å². The second-order valence-electron chi connectivity index (χ2n) is 6.68. The first-order valence-corrected chi connectivity index (χ1v) is 9.39. The molecule has 26 heavy (non-hydrogen) atoms. The van der Waals surface area contributed by atoms with Gasteiger partial charge in [0, 0.05) is 13.1 Å². The summed E-state index contributed by atoms with van der Waals surface area (Å²) in [5.74, 6) is 0.908. The molecule has 4 rings (SSSR count). The van der Waals surface area contributed by atoms with Crippen LogP contribution in [0.15, 0.2) is 34.7 Å². The molecule has 7 nitrogen and oxygen atoms in total. The number of nitrogens with two attached hydrogens (primary N) is 1. The molecule has 0 radical (unpaired) electrons. The van der Waals surface area contributed by atoms with Crippen LogP contribution in [0.2, 0.25) is 0 Å². The molecule has 3 heterocycles. The number of fused-ring (bicyclic) bond motifs is 1. The van der Waals surface area contributed by atoms with Crippen molar-refractivity contribution in [2.75, 3.05) is 23.7 Å². The number of anilines is 2. The smallest absolute Gasteiger partial charge is 0.283 e. The molecule has 0 bridgehead atoms. The first kappa shape index (κ1) is 16.7. The maximum absolute atomic E-state index is 12.4. The third-order valence-corrected chi connectivity index (χ3v) is 5.70. The molecular weight excluding hydrogens is 350 g/mol. The van der Waals surface area contributed by atoms with Gasteiger partial charge in [0.2, 0.25) is 10.1 Å². The number of hydrogen-bond donors (Lipinski definition) is 1. The minimum absolute atomic E-state index is 0.0830. The molecule has 0 aromatic carbocycles. The van der Waals surface area contributed by atoms with Gasteiger partial charge in [-0.05, 0) is 42.6 Å². The number of aromatic nitrogens is 3. The van der Waals surface area contributed by atoms with Crippen molar-refractivity contribution in [3.8, 4) is 0 Å². The average molecular weight is 369 g/mol. The van der Waals surface area contributed by atoms with Crippen LogP contribution in [0.25, 0.3) is 11.0 Å². The summed E-state index contributed by atoms with van der Waals surface area (Å²) >= 11 is 1.38. The van der Waals surface area contributed by atoms with E-state index in [4.69, 9.17) is 5.73 Å². The molecule has 1 fully saturated rings. The van der Waals surface area contributed by atoms with Gasteiger partial charge in [-0.2, -0.15) is 9.50 Å². The Kier molecular flexibility index (Phi) is 4.20. The summed E-state index contributed by atoms with van der Waals surface area (Å²) in [4.78, 5) is 30.5. The van der Waals surface area contributed by atoms with Crippen LogP contribution < -0.4 is 16.2 Å². The first-order chi connectivity index (χ1) is 12.5. The van der Waals surface area contributed by atoms with E-state index < -0.39 is 5.56 Å². The lowest BCUT2D eigenvalue weighted by molar-refractivity contribution is -0.110. The number of carbonyl (C=O) groups excluding carboxylic acids is 1. The Bertz CT molecular complexity index is 1000. The second-order valence-corrected chi connectivity index (χ2v) is 7.61. The number of nitrogen functional groups attached to an aromatic ring is 1. The number of ketones is 1. The largest absolute Gasteiger partial charge is 0.383 e. The molecule has 1 aliphatic carbocycles. The zero-order valence-electron chi connectivity index (χ0n) is 14.4. The molecule has 0 saturated carbocycles. The van der Waals surface area contributed by atoms with Crippen LogP contribution in [0.4, 0.5) is 10.9 Å². The summed E-state index contributed by atoms with van der Waals surface area (Å²) < 4.78 is 1.53. The molecule has 0 atom stereocenters. The lowest BCUT2D eigenvalue weighted by Gasteiger charge is -2.29. The Hall–Kier alpha value is -2.74. The molecule has 1 saturated heterocycles. The lowest BCUT2D eigenvalue weighted by atomic mass is 10.00. The van der Waals surface area contributed by atoms with Crippen molar-refractivity contribution in [3.05, 3.63) is 45.8 Å². The van der Waals surface area contributed by atoms with E-state index in [2.05, 4.69) is 21.9 Å². The van der Waals surface area contributed by atoms with E-state index in [1.165, 1.54) is 28.0 Å². The van der Waals surface area contributed by atoms with Crippen LogP contribution in [0, 0.1) is 5.92 Å². The molecular formula is C18H19N5O2S. The van der Waals surface area contributed by atoms with Crippen LogP contribution >= 0.6 is 11.3 Å². The van der Waals surface area contributed by atoms with E-state index in [-0.39, 0.29) is 17.2 Å². The highest BCUT2D eigenvalue weighted by Gasteiger charge is 2.21. The average Bonchev–Trinajstić information content (AvgIpc) is 3.05. The topological polar surface area (TPSA) is 93.6 Å². The Morgan fingerprint density at radius 3 is 2.58 bits per heavy atom. The fraction of sp³-hybridized carbons (Fsp3) is 0.333. The van der Waals surface area contributed by atoms with Gasteiger partial charge < -0.3 is 10.6 Å². The van der Waals surface area contributed by atoms with E-state index in [1.807, 2.05) is 0 Å². The summed E-state index contributed by atoms with van der Waals surface area (Å²) in [6.07, 6.45) is 10.1. The number of nitrogens with zero attached hydrogens (tertiary/aromatic N) is 4. The van der Waals surface area contributed by atoms with Crippen molar-refractivity contribution in [1.29, 1.82) is 0 Å². The first-order valence-electron chi connectivity index (χ1n) is 8.57. The van der Waals surface area contributed by atoms with Crippen LogP contribution in [-0.2, 0) is 4.79 Å². The third-order valence-electron chi connectivity index (χ3n) is 4.73. The monoisotopic (exact) mass is 369 g/mol. The molecule has 0 spiro atoms. The fourth-order valence-corrected chi connectivity index (χ4v) is 4.02. The Morgan fingerprint density at radius 1 is 1.19 bits per heavy atom. The third kappa shape index (κ3) is 3.08. The molecule has 134 valence electrons. The predicted molar refractivity (Wildman–Crippen MR) is 103 cm³/mol. The Labute approximate surface area is 154 Å². The van der Waals surface area contributed by atoms with Gasteiger partial charge in [0.25, 0.3) is 5.56 Å². The van der Waals surface area contributed by atoms with E-state index in [1.54, 1.807) is 18.2 Å². The molecule has 2 N–H and O–H groups in total. The molecule has 2 aromatic rings. The molecule has 0 unspecified atom stereocenters. The minimum Gasteiger partial charge on any atom is -0.383 e. The van der Waals surface area contributed by atoms with Crippen LogP contribution in [0.5, 0.6) is 0 Å². The summed E-state index contributed by atoms with van der Waals surface area (Å²) in [7, 11) is 0. The van der Waals surface area contributed by atoms with Gasteiger partial charge in [-0.3, -0.25) is 9.59 Å². The lowest BCUT2D eigenvalue weighted by Crippen LogP contribution is -2.32. The van der Waals surface area contributed by atoms with Crippen molar-refractivity contribution < 1.29 is 4.79 Å². The van der Waals surface area contributed by atoms with Gasteiger partial charge in [0.15, 0.2) is 5.78 Å². The van der Waals surface area contributed by atoms with Gasteiger partial charge in [-0.25, -0.2) is 0 Å². The molecule has 8 heteroatoms. The summed E-state index contributed by atoms with van der Waals surface area (Å²) in [6, 6.07) is 0. The SMILES string of the molecule is CC1CCN(c2nn3c(N)c(C=C4C=CC(=O)C=C4)c(=O)nc3s2)CC1. The van der Waals surface area contributed by atoms with Gasteiger partial charge in [-0.1, -0.05) is 30.4 Å². The standard InChI is InChI=1S/C18H19N5O2S/c1-11-6-8-22(9-7-11)18-21-23-15(19)14(16(25)20-17(23)26-18)10-12-2-4-13(24)5-3-12/h2-5,10-11H,6-9,19H2,1H3. The number of piperidine rings is 1. The molecule has 0 amide bonds. The zero-order chi connectivity index (χ0) is 18.3. The Morgan fingerprint density at radius 2 is 1.88 bits per heavy atom. The second kappa shape index (κ2) is 6.53. The number of carbonyl (C=O) groups is 1. The Balaban J connectivity index is 1.73. The highest BCUT2D eigenvalue weighted by atomic mass is 32.1. The highest BCUT2D eigenvalue weighted by molar-refractivity contribution is 7.20. The summed E-state index contributed by atoms with van der Waals surface area (Å²) in [5, 5.41) is 5.42. The van der Waals surface area contributed by atoms with Crippen molar-refractivity contribution in [2.45, 2.75) is 19.8 Å². The maximum Gasteiger partial charge on any atom is 0.283 e. The fourth-order valence-electron chi connectivity index (χ4n) is 3.07. The van der Waals surface area contributed by atoms with E-state index in [0.717, 1.165) is 42.6 Å². The van der Waals surface area contributed by atoms with Crippen LogP contribution in [0.3, 0.4) is 0 Å². The maximum atomic E-state index is 12.4. The number of rotatable bonds is 2. The summed E-state index contributed by atoms with van der Waals surface area (Å²) in [5.41, 5.74) is 6.83. The van der Waals surface area contributed by atoms with Gasteiger partial charge in [0.05, 0.1) is 5.56 Å². The van der Waals surface area contributed by atoms with Crippen molar-refractivity contribution in [1.82, 2.24) is 14.6 Å². The van der Waals surface area contributed by atoms with Crippen molar-refractivity contribution >= 4 is 39.1 Å². The van der Waals surface area contributed by atoms with Gasteiger partial charge in [0.1, 0.15) is 5.82 Å². The highest BCUT2D eigenvalue weighted by Crippen LogP contribution is 2.28. The minimum atomic E-state index is -0.392. The van der Waals surface area contributed by atoms with E-state index in [9.17, 15) is 9.59 Å². The van der Waals surface area contributed by atoms with Crippen molar-refractivity contribution in [3.63, 3.8) is 0 Å². The van der Waals surface area contributed by atoms with Crippen LogP contribution in [-0.4, -0.2) is 33.5 Å². The normalized spacial score (nSPS) is 18.1. The molecule has 2 aliphatic rings. The quantitative estimate of drug-likeness (QED) is 0.871. The van der Waals surface area contributed by atoms with Gasteiger partial charge >= 0.3 is 0 Å². The van der Waals surface area contributed by atoms with E-state index >= 15 is 0 Å². The summed E-state index contributed by atoms with van der Waals surface area (Å²) in [6.45, 7) is 4.16. The number of allylic oxidation sites excluding steroid dienone is 5. The van der Waals surface area contributed by atoms with E-state index in [0.29, 0.717) is 4.96 Å². The molecule has 2 aromatic heterocycles.